The van der Waals surface area contributed by atoms with Crippen molar-refractivity contribution in [2.24, 2.45) is 11.8 Å². The lowest BCUT2D eigenvalue weighted by Crippen LogP contribution is -2.46. The number of hydrogen-bond donors (Lipinski definition) is 1. The van der Waals surface area contributed by atoms with Gasteiger partial charge in [-0.1, -0.05) is 19.1 Å². The summed E-state index contributed by atoms with van der Waals surface area (Å²) >= 11 is 0. The number of benzene rings is 1. The lowest BCUT2D eigenvalue weighted by Gasteiger charge is -2.36. The predicted molar refractivity (Wildman–Crippen MR) is 98.8 cm³/mol. The number of piperidine rings is 2. The fraction of sp³-hybridized carbons (Fsp3) is 0.600. The molecule has 0 aliphatic carbocycles. The third kappa shape index (κ3) is 4.53. The average Bonchev–Trinajstić information content (AvgIpc) is 2.64. The number of amides is 2. The first kappa shape index (κ1) is 17.8. The van der Waals surface area contributed by atoms with Gasteiger partial charge < -0.3 is 15.5 Å². The maximum atomic E-state index is 12.7. The standard InChI is InChI=1S/C20H29N3O2/c1-15-6-10-23(11-7-15)20(25)17-8-12-22(13-9-17)19(24)14-16-2-4-18(21)5-3-16/h2-5,15,17H,6-14,21H2,1H3. The zero-order valence-corrected chi connectivity index (χ0v) is 15.1. The third-order valence-electron chi connectivity index (χ3n) is 5.63. The van der Waals surface area contributed by atoms with Gasteiger partial charge in [-0.25, -0.2) is 0 Å². The van der Waals surface area contributed by atoms with E-state index in [4.69, 9.17) is 5.73 Å². The number of nitrogens with two attached hydrogens (primary N) is 1. The highest BCUT2D eigenvalue weighted by Crippen LogP contribution is 2.24. The van der Waals surface area contributed by atoms with Crippen LogP contribution in [0.15, 0.2) is 24.3 Å². The van der Waals surface area contributed by atoms with Gasteiger partial charge in [0.15, 0.2) is 0 Å². The molecule has 2 aliphatic heterocycles. The Hall–Kier alpha value is -2.04. The van der Waals surface area contributed by atoms with Crippen LogP contribution in [0.1, 0.15) is 38.2 Å². The van der Waals surface area contributed by atoms with Crippen molar-refractivity contribution in [1.82, 2.24) is 9.80 Å². The highest BCUT2D eigenvalue weighted by atomic mass is 16.2. The number of nitrogen functional groups attached to an aromatic ring is 1. The molecular formula is C20H29N3O2. The van der Waals surface area contributed by atoms with Gasteiger partial charge in [-0.2, -0.15) is 0 Å². The molecule has 5 nitrogen and oxygen atoms in total. The van der Waals surface area contributed by atoms with E-state index in [0.717, 1.165) is 50.3 Å². The SMILES string of the molecule is CC1CCN(C(=O)C2CCN(C(=O)Cc3ccc(N)cc3)CC2)CC1. The first-order valence-corrected chi connectivity index (χ1v) is 9.44. The van der Waals surface area contributed by atoms with Crippen molar-refractivity contribution >= 4 is 17.5 Å². The highest BCUT2D eigenvalue weighted by Gasteiger charge is 2.31. The van der Waals surface area contributed by atoms with Gasteiger partial charge in [-0.3, -0.25) is 9.59 Å². The molecule has 5 heteroatoms. The van der Waals surface area contributed by atoms with E-state index in [1.807, 2.05) is 34.1 Å². The second kappa shape index (κ2) is 7.89. The molecule has 2 aliphatic rings. The van der Waals surface area contributed by atoms with Gasteiger partial charge in [-0.15, -0.1) is 0 Å². The van der Waals surface area contributed by atoms with Gasteiger partial charge in [0.1, 0.15) is 0 Å². The Labute approximate surface area is 150 Å². The van der Waals surface area contributed by atoms with Crippen LogP contribution in [0.2, 0.25) is 0 Å². The molecule has 0 spiro atoms. The van der Waals surface area contributed by atoms with Crippen LogP contribution in [0.4, 0.5) is 5.69 Å². The summed E-state index contributed by atoms with van der Waals surface area (Å²) in [5, 5.41) is 0. The highest BCUT2D eigenvalue weighted by molar-refractivity contribution is 5.81. The molecule has 0 saturated carbocycles. The molecule has 2 fully saturated rings. The van der Waals surface area contributed by atoms with Crippen molar-refractivity contribution in [2.45, 2.75) is 39.0 Å². The normalized spacial score (nSPS) is 19.9. The Balaban J connectivity index is 1.47. The van der Waals surface area contributed by atoms with Crippen LogP contribution in [0, 0.1) is 11.8 Å². The molecule has 1 aromatic rings. The lowest BCUT2D eigenvalue weighted by atomic mass is 9.92. The van der Waals surface area contributed by atoms with Crippen LogP contribution in [0.3, 0.4) is 0 Å². The topological polar surface area (TPSA) is 66.6 Å². The number of hydrogen-bond acceptors (Lipinski definition) is 3. The Morgan fingerprint density at radius 2 is 1.52 bits per heavy atom. The second-order valence-corrected chi connectivity index (χ2v) is 7.58. The summed E-state index contributed by atoms with van der Waals surface area (Å²) in [6, 6.07) is 7.46. The summed E-state index contributed by atoms with van der Waals surface area (Å²) < 4.78 is 0. The van der Waals surface area contributed by atoms with Crippen molar-refractivity contribution in [1.29, 1.82) is 0 Å². The average molecular weight is 343 g/mol. The Morgan fingerprint density at radius 1 is 0.960 bits per heavy atom. The van der Waals surface area contributed by atoms with Crippen LogP contribution >= 0.6 is 0 Å². The molecule has 0 bridgehead atoms. The van der Waals surface area contributed by atoms with E-state index in [1.165, 1.54) is 0 Å². The Morgan fingerprint density at radius 3 is 2.12 bits per heavy atom. The van der Waals surface area contributed by atoms with Crippen LogP contribution in [0.5, 0.6) is 0 Å². The summed E-state index contributed by atoms with van der Waals surface area (Å²) in [6.45, 7) is 5.43. The Kier molecular flexibility index (Phi) is 5.61. The van der Waals surface area contributed by atoms with Crippen molar-refractivity contribution in [3.63, 3.8) is 0 Å². The van der Waals surface area contributed by atoms with Crippen molar-refractivity contribution in [3.05, 3.63) is 29.8 Å². The van der Waals surface area contributed by atoms with E-state index in [0.29, 0.717) is 31.1 Å². The molecule has 1 aromatic carbocycles. The van der Waals surface area contributed by atoms with E-state index in [9.17, 15) is 9.59 Å². The smallest absolute Gasteiger partial charge is 0.226 e. The summed E-state index contributed by atoms with van der Waals surface area (Å²) in [5.74, 6) is 1.27. The zero-order valence-electron chi connectivity index (χ0n) is 15.1. The minimum atomic E-state index is 0.0916. The molecule has 0 unspecified atom stereocenters. The van der Waals surface area contributed by atoms with Gasteiger partial charge in [0, 0.05) is 37.8 Å². The van der Waals surface area contributed by atoms with E-state index in [2.05, 4.69) is 6.92 Å². The minimum absolute atomic E-state index is 0.0916. The molecule has 3 rings (SSSR count). The number of rotatable bonds is 3. The molecular weight excluding hydrogens is 314 g/mol. The fourth-order valence-corrected chi connectivity index (χ4v) is 3.78. The van der Waals surface area contributed by atoms with Gasteiger partial charge in [-0.05, 0) is 49.3 Å². The van der Waals surface area contributed by atoms with Crippen molar-refractivity contribution in [2.75, 3.05) is 31.9 Å². The lowest BCUT2D eigenvalue weighted by molar-refractivity contribution is -0.141. The first-order chi connectivity index (χ1) is 12.0. The van der Waals surface area contributed by atoms with Crippen molar-refractivity contribution < 1.29 is 9.59 Å². The maximum Gasteiger partial charge on any atom is 0.226 e. The maximum absolute atomic E-state index is 12.7. The molecule has 136 valence electrons. The fourth-order valence-electron chi connectivity index (χ4n) is 3.78. The van der Waals surface area contributed by atoms with E-state index < -0.39 is 0 Å². The number of nitrogens with zero attached hydrogens (tertiary/aromatic N) is 2. The van der Waals surface area contributed by atoms with Crippen LogP contribution in [0.25, 0.3) is 0 Å². The van der Waals surface area contributed by atoms with Crippen LogP contribution < -0.4 is 5.73 Å². The largest absolute Gasteiger partial charge is 0.399 e. The summed E-state index contributed by atoms with van der Waals surface area (Å²) in [6.07, 6.45) is 4.22. The summed E-state index contributed by atoms with van der Waals surface area (Å²) in [5.41, 5.74) is 7.38. The Bertz CT molecular complexity index is 598. The quantitative estimate of drug-likeness (QED) is 0.857. The molecule has 0 aromatic heterocycles. The summed E-state index contributed by atoms with van der Waals surface area (Å²) in [7, 11) is 0. The van der Waals surface area contributed by atoms with Gasteiger partial charge >= 0.3 is 0 Å². The van der Waals surface area contributed by atoms with Crippen LogP contribution in [-0.2, 0) is 16.0 Å². The molecule has 25 heavy (non-hydrogen) atoms. The van der Waals surface area contributed by atoms with Gasteiger partial charge in [0.25, 0.3) is 0 Å². The molecule has 0 atom stereocenters. The van der Waals surface area contributed by atoms with Crippen molar-refractivity contribution in [3.8, 4) is 0 Å². The number of anilines is 1. The molecule has 0 radical (unpaired) electrons. The molecule has 2 N–H and O–H groups in total. The van der Waals surface area contributed by atoms with E-state index >= 15 is 0 Å². The van der Waals surface area contributed by atoms with Gasteiger partial charge in [0.2, 0.25) is 11.8 Å². The monoisotopic (exact) mass is 343 g/mol. The number of carbonyl (C=O) groups is 2. The minimum Gasteiger partial charge on any atom is -0.399 e. The first-order valence-electron chi connectivity index (χ1n) is 9.44. The van der Waals surface area contributed by atoms with Gasteiger partial charge in [0.05, 0.1) is 6.42 Å². The van der Waals surface area contributed by atoms with E-state index in [-0.39, 0.29) is 11.8 Å². The summed E-state index contributed by atoms with van der Waals surface area (Å²) in [4.78, 5) is 29.1. The van der Waals surface area contributed by atoms with Crippen LogP contribution in [-0.4, -0.2) is 47.8 Å². The molecule has 2 amide bonds. The second-order valence-electron chi connectivity index (χ2n) is 7.58. The molecule has 2 saturated heterocycles. The third-order valence-corrected chi connectivity index (χ3v) is 5.63. The zero-order chi connectivity index (χ0) is 17.8. The number of carbonyl (C=O) groups excluding carboxylic acids is 2. The molecule has 2 heterocycles. The predicted octanol–water partition coefficient (Wildman–Crippen LogP) is 2.31. The van der Waals surface area contributed by atoms with E-state index in [1.54, 1.807) is 0 Å². The number of likely N-dealkylation sites (tertiary alicyclic amines) is 2.